The summed E-state index contributed by atoms with van der Waals surface area (Å²) in [5.74, 6) is -1.77. The fourth-order valence-electron chi connectivity index (χ4n) is 4.29. The van der Waals surface area contributed by atoms with Crippen molar-refractivity contribution in [3.63, 3.8) is 0 Å². The molecule has 5 atom stereocenters. The number of nitrogens with one attached hydrogen (secondary N) is 2. The summed E-state index contributed by atoms with van der Waals surface area (Å²) in [7, 11) is 0. The molecule has 0 spiro atoms. The van der Waals surface area contributed by atoms with E-state index in [1.54, 1.807) is 36.7 Å². The van der Waals surface area contributed by atoms with Gasteiger partial charge in [0, 0.05) is 30.2 Å². The van der Waals surface area contributed by atoms with E-state index in [0.717, 1.165) is 5.69 Å². The Bertz CT molecular complexity index is 1110. The van der Waals surface area contributed by atoms with E-state index < -0.39 is 30.3 Å². The Balaban J connectivity index is 1.53. The van der Waals surface area contributed by atoms with Crippen LogP contribution in [-0.2, 0) is 30.3 Å². The first-order valence-corrected chi connectivity index (χ1v) is 14.1. The average molecular weight is 564 g/mol. The number of ether oxygens (including phenoxy) is 2. The van der Waals surface area contributed by atoms with Gasteiger partial charge in [-0.25, -0.2) is 4.98 Å². The molecule has 9 nitrogen and oxygen atoms in total. The van der Waals surface area contributed by atoms with E-state index >= 15 is 0 Å². The number of cyclic esters (lactones) is 1. The molecule has 206 valence electrons. The zero-order valence-corrected chi connectivity index (χ0v) is 23.3. The summed E-state index contributed by atoms with van der Waals surface area (Å²) < 4.78 is 10.5. The number of carbonyl (C=O) groups is 4. The number of halogens is 1. The van der Waals surface area contributed by atoms with Gasteiger partial charge in [0.1, 0.15) is 6.04 Å². The number of nitrogens with zero attached hydrogens (tertiary/aromatic N) is 1. The minimum atomic E-state index is -0.767. The number of benzene rings is 1. The number of Topliss-reactive ketones (excluding diaryl/α,β-unsaturated/α-hetero) is 1. The third kappa shape index (κ3) is 8.34. The minimum absolute atomic E-state index is 0.0783. The zero-order valence-electron chi connectivity index (χ0n) is 21.8. The number of aromatic nitrogens is 1. The van der Waals surface area contributed by atoms with Crippen LogP contribution >= 0.6 is 22.9 Å². The predicted octanol–water partition coefficient (Wildman–Crippen LogP) is 3.94. The highest BCUT2D eigenvalue weighted by atomic mass is 35.5. The summed E-state index contributed by atoms with van der Waals surface area (Å²) in [6.07, 6.45) is 1.35. The largest absolute Gasteiger partial charge is 0.433 e. The number of thiazole rings is 1. The lowest BCUT2D eigenvalue weighted by Crippen LogP contribution is -2.45. The smallest absolute Gasteiger partial charge is 0.310 e. The molecule has 2 heterocycles. The minimum Gasteiger partial charge on any atom is -0.433 e. The number of carbonyl (C=O) groups excluding carboxylic acids is 4. The predicted molar refractivity (Wildman–Crippen MR) is 144 cm³/mol. The van der Waals surface area contributed by atoms with Crippen LogP contribution < -0.4 is 10.6 Å². The van der Waals surface area contributed by atoms with Gasteiger partial charge in [0.15, 0.2) is 5.78 Å². The van der Waals surface area contributed by atoms with Crippen LogP contribution in [0.3, 0.4) is 0 Å². The molecule has 0 saturated carbocycles. The van der Waals surface area contributed by atoms with Gasteiger partial charge in [-0.3, -0.25) is 19.2 Å². The summed E-state index contributed by atoms with van der Waals surface area (Å²) in [4.78, 5) is 54.8. The van der Waals surface area contributed by atoms with Gasteiger partial charge in [-0.15, -0.1) is 11.3 Å². The Kier molecular flexibility index (Phi) is 11.2. The molecule has 1 aromatic heterocycles. The number of hydrogen-bond acceptors (Lipinski definition) is 8. The number of rotatable bonds is 14. The summed E-state index contributed by atoms with van der Waals surface area (Å²) in [6, 6.07) is 5.42. The lowest BCUT2D eigenvalue weighted by molar-refractivity contribution is -0.164. The van der Waals surface area contributed by atoms with Crippen LogP contribution in [0, 0.1) is 11.8 Å². The number of ketones is 1. The summed E-state index contributed by atoms with van der Waals surface area (Å²) in [5.41, 5.74) is 2.72. The lowest BCUT2D eigenvalue weighted by atomic mass is 9.90. The Morgan fingerprint density at radius 3 is 2.63 bits per heavy atom. The molecule has 0 radical (unpaired) electrons. The van der Waals surface area contributed by atoms with Crippen LogP contribution in [0.4, 0.5) is 0 Å². The molecule has 2 aromatic rings. The molecule has 1 aliphatic heterocycles. The number of esters is 1. The molecule has 1 aromatic carbocycles. The van der Waals surface area contributed by atoms with Crippen LogP contribution in [-0.4, -0.2) is 53.5 Å². The van der Waals surface area contributed by atoms with Crippen molar-refractivity contribution in [2.24, 2.45) is 11.8 Å². The van der Waals surface area contributed by atoms with Crippen molar-refractivity contribution in [3.05, 3.63) is 51.4 Å². The van der Waals surface area contributed by atoms with Gasteiger partial charge in [-0.05, 0) is 31.9 Å². The van der Waals surface area contributed by atoms with Gasteiger partial charge in [0.25, 0.3) is 5.91 Å². The van der Waals surface area contributed by atoms with E-state index in [-0.39, 0.29) is 36.4 Å². The monoisotopic (exact) mass is 563 g/mol. The zero-order chi connectivity index (χ0) is 27.7. The maximum Gasteiger partial charge on any atom is 0.310 e. The van der Waals surface area contributed by atoms with Crippen molar-refractivity contribution < 1.29 is 28.7 Å². The molecule has 0 bridgehead atoms. The third-order valence-corrected chi connectivity index (χ3v) is 7.46. The van der Waals surface area contributed by atoms with Crippen molar-refractivity contribution in [1.29, 1.82) is 0 Å². The first-order chi connectivity index (χ1) is 18.2. The Morgan fingerprint density at radius 2 is 1.95 bits per heavy atom. The standard InChI is InChI=1S/C27H34ClN3O6S/c1-4-36-27-22(13-23(32)37-27)31-25(34)17(3)9-7-8-16(2)24(33)21(12-18-14-38-15-29-18)30-26(35)19-10-5-6-11-20(19)28/h5-6,10-11,14-17,21-22,27H,4,7-9,12-13H2,1-3H3,(H,30,35)(H,31,34)/t16-,17-,21-,22-,27+/m0/s1. The molecule has 0 unspecified atom stereocenters. The van der Waals surface area contributed by atoms with Gasteiger partial charge in [0.2, 0.25) is 12.2 Å². The van der Waals surface area contributed by atoms with Gasteiger partial charge >= 0.3 is 5.97 Å². The highest BCUT2D eigenvalue weighted by molar-refractivity contribution is 7.07. The maximum atomic E-state index is 13.4. The number of amides is 2. The SMILES string of the molecule is CCO[C@@H]1OC(=O)C[C@@H]1NC(=O)[C@@H](C)CCC[C@H](C)C(=O)[C@H](Cc1cscn1)NC(=O)c1ccccc1Cl. The van der Waals surface area contributed by atoms with Gasteiger partial charge < -0.3 is 20.1 Å². The molecular weight excluding hydrogens is 530 g/mol. The van der Waals surface area contributed by atoms with Gasteiger partial charge in [-0.1, -0.05) is 44.0 Å². The van der Waals surface area contributed by atoms with E-state index in [4.69, 9.17) is 21.1 Å². The third-order valence-electron chi connectivity index (χ3n) is 6.49. The van der Waals surface area contributed by atoms with Crippen LogP contribution in [0.2, 0.25) is 5.02 Å². The summed E-state index contributed by atoms with van der Waals surface area (Å²) in [5, 5.41) is 7.86. The van der Waals surface area contributed by atoms with Crippen molar-refractivity contribution >= 4 is 46.5 Å². The Morgan fingerprint density at radius 1 is 1.21 bits per heavy atom. The maximum absolute atomic E-state index is 13.4. The molecule has 2 amide bonds. The van der Waals surface area contributed by atoms with E-state index in [1.807, 2.05) is 19.2 Å². The average Bonchev–Trinajstić information content (AvgIpc) is 3.52. The molecule has 0 aliphatic carbocycles. The molecule has 1 fully saturated rings. The van der Waals surface area contributed by atoms with E-state index in [1.165, 1.54) is 11.3 Å². The van der Waals surface area contributed by atoms with Gasteiger partial charge in [-0.2, -0.15) is 0 Å². The quantitative estimate of drug-likeness (QED) is 0.334. The fourth-order valence-corrected chi connectivity index (χ4v) is 5.09. The molecule has 11 heteroatoms. The van der Waals surface area contributed by atoms with Crippen LogP contribution in [0.25, 0.3) is 0 Å². The second-order valence-electron chi connectivity index (χ2n) is 9.46. The highest BCUT2D eigenvalue weighted by Crippen LogP contribution is 2.21. The van der Waals surface area contributed by atoms with E-state index in [9.17, 15) is 19.2 Å². The molecular formula is C27H34ClN3O6S. The molecule has 1 saturated heterocycles. The first-order valence-electron chi connectivity index (χ1n) is 12.8. The van der Waals surface area contributed by atoms with E-state index in [2.05, 4.69) is 15.6 Å². The van der Waals surface area contributed by atoms with Crippen molar-refractivity contribution in [3.8, 4) is 0 Å². The second kappa shape index (κ2) is 14.4. The highest BCUT2D eigenvalue weighted by Gasteiger charge is 2.37. The van der Waals surface area contributed by atoms with E-state index in [0.29, 0.717) is 36.5 Å². The first kappa shape index (κ1) is 29.7. The lowest BCUT2D eigenvalue weighted by Gasteiger charge is -2.22. The van der Waals surface area contributed by atoms with Gasteiger partial charge in [0.05, 0.1) is 34.3 Å². The van der Waals surface area contributed by atoms with Crippen LogP contribution in [0.5, 0.6) is 0 Å². The fraction of sp³-hybridized carbons (Fsp3) is 0.519. The summed E-state index contributed by atoms with van der Waals surface area (Å²) >= 11 is 7.60. The Labute approximate surface area is 231 Å². The second-order valence-corrected chi connectivity index (χ2v) is 10.6. The molecule has 2 N–H and O–H groups in total. The number of hydrogen-bond donors (Lipinski definition) is 2. The molecule has 3 rings (SSSR count). The van der Waals surface area contributed by atoms with Crippen molar-refractivity contribution in [2.45, 2.75) is 71.2 Å². The van der Waals surface area contributed by atoms with Crippen LogP contribution in [0.1, 0.15) is 62.5 Å². The molecule has 38 heavy (non-hydrogen) atoms. The topological polar surface area (TPSA) is 124 Å². The normalized spacial score (nSPS) is 19.3. The van der Waals surface area contributed by atoms with Crippen molar-refractivity contribution in [2.75, 3.05) is 6.61 Å². The van der Waals surface area contributed by atoms with Crippen LogP contribution in [0.15, 0.2) is 35.2 Å². The molecule has 1 aliphatic rings. The Hall–Kier alpha value is -2.82. The summed E-state index contributed by atoms with van der Waals surface area (Å²) in [6.45, 7) is 5.80. The van der Waals surface area contributed by atoms with Crippen molar-refractivity contribution in [1.82, 2.24) is 15.6 Å².